The van der Waals surface area contributed by atoms with Crippen LogP contribution in [0.25, 0.3) is 6.08 Å². The van der Waals surface area contributed by atoms with Crippen molar-refractivity contribution in [3.8, 4) is 0 Å². The lowest BCUT2D eigenvalue weighted by molar-refractivity contribution is -0.123. The maximum absolute atomic E-state index is 12.5. The number of methoxy groups -OCH3 is 1. The molecule has 0 spiro atoms. The fourth-order valence-corrected chi connectivity index (χ4v) is 3.22. The van der Waals surface area contributed by atoms with Crippen LogP contribution in [0, 0.1) is 0 Å². The quantitative estimate of drug-likeness (QED) is 0.619. The fourth-order valence-electron chi connectivity index (χ4n) is 2.38. The lowest BCUT2D eigenvalue weighted by atomic mass is 10.1. The Morgan fingerprint density at radius 1 is 1.08 bits per heavy atom. The van der Waals surface area contributed by atoms with Gasteiger partial charge in [0.15, 0.2) is 0 Å². The van der Waals surface area contributed by atoms with Crippen molar-refractivity contribution in [3.05, 3.63) is 76.2 Å². The van der Waals surface area contributed by atoms with E-state index in [0.717, 1.165) is 22.9 Å². The highest BCUT2D eigenvalue weighted by Gasteiger charge is 2.34. The first-order chi connectivity index (χ1) is 12.1. The molecule has 3 rings (SSSR count). The van der Waals surface area contributed by atoms with E-state index in [1.165, 1.54) is 12.0 Å². The average molecular weight is 353 g/mol. The lowest BCUT2D eigenvalue weighted by Crippen LogP contribution is -2.27. The van der Waals surface area contributed by atoms with Gasteiger partial charge in [-0.3, -0.25) is 14.5 Å². The highest BCUT2D eigenvalue weighted by molar-refractivity contribution is 8.18. The van der Waals surface area contributed by atoms with Crippen molar-refractivity contribution in [2.24, 2.45) is 0 Å². The largest absolute Gasteiger partial charge is 0.465 e. The molecule has 2 aromatic rings. The molecule has 2 aromatic carbocycles. The number of hydrogen-bond acceptors (Lipinski definition) is 5. The number of nitrogens with zero attached hydrogens (tertiary/aromatic N) is 1. The summed E-state index contributed by atoms with van der Waals surface area (Å²) in [5, 5.41) is -0.302. The zero-order valence-electron chi connectivity index (χ0n) is 13.5. The zero-order valence-corrected chi connectivity index (χ0v) is 14.3. The monoisotopic (exact) mass is 353 g/mol. The Bertz CT molecular complexity index is 843. The topological polar surface area (TPSA) is 63.7 Å². The van der Waals surface area contributed by atoms with E-state index in [0.29, 0.717) is 10.5 Å². The van der Waals surface area contributed by atoms with Crippen LogP contribution in [0.15, 0.2) is 59.5 Å². The fraction of sp³-hybridized carbons (Fsp3) is 0.105. The number of esters is 1. The Labute approximate surface area is 149 Å². The first kappa shape index (κ1) is 17.0. The number of rotatable bonds is 4. The van der Waals surface area contributed by atoms with Gasteiger partial charge in [0.05, 0.1) is 24.1 Å². The SMILES string of the molecule is COC(=O)c1ccc(CN2C(=O)S/C(=C\c3ccccc3)C2=O)cc1. The zero-order chi connectivity index (χ0) is 17.8. The lowest BCUT2D eigenvalue weighted by Gasteiger charge is -2.12. The molecule has 1 aliphatic heterocycles. The van der Waals surface area contributed by atoms with Gasteiger partial charge in [-0.15, -0.1) is 0 Å². The van der Waals surface area contributed by atoms with E-state index in [1.54, 1.807) is 30.3 Å². The maximum atomic E-state index is 12.5. The van der Waals surface area contributed by atoms with Gasteiger partial charge in [-0.05, 0) is 41.1 Å². The second kappa shape index (κ2) is 7.36. The number of benzene rings is 2. The molecule has 0 bridgehead atoms. The molecule has 1 aliphatic rings. The molecule has 0 radical (unpaired) electrons. The van der Waals surface area contributed by atoms with Gasteiger partial charge in [0, 0.05) is 0 Å². The molecule has 1 fully saturated rings. The molecule has 5 nitrogen and oxygen atoms in total. The predicted octanol–water partition coefficient (Wildman–Crippen LogP) is 3.71. The summed E-state index contributed by atoms with van der Waals surface area (Å²) in [6, 6.07) is 16.0. The van der Waals surface area contributed by atoms with E-state index < -0.39 is 5.97 Å². The van der Waals surface area contributed by atoms with Crippen molar-refractivity contribution in [2.75, 3.05) is 7.11 Å². The highest BCUT2D eigenvalue weighted by Crippen LogP contribution is 2.33. The first-order valence-corrected chi connectivity index (χ1v) is 8.38. The van der Waals surface area contributed by atoms with E-state index >= 15 is 0 Å². The molecule has 0 unspecified atom stereocenters. The van der Waals surface area contributed by atoms with Crippen LogP contribution in [0.4, 0.5) is 4.79 Å². The molecule has 126 valence electrons. The summed E-state index contributed by atoms with van der Waals surface area (Å²) < 4.78 is 4.65. The number of carbonyl (C=O) groups excluding carboxylic acids is 3. The van der Waals surface area contributed by atoms with Gasteiger partial charge in [-0.2, -0.15) is 0 Å². The summed E-state index contributed by atoms with van der Waals surface area (Å²) >= 11 is 0.932. The summed E-state index contributed by atoms with van der Waals surface area (Å²) in [6.07, 6.45) is 1.71. The van der Waals surface area contributed by atoms with Gasteiger partial charge >= 0.3 is 5.97 Å². The van der Waals surface area contributed by atoms with Crippen LogP contribution in [0.3, 0.4) is 0 Å². The second-order valence-electron chi connectivity index (χ2n) is 5.37. The summed E-state index contributed by atoms with van der Waals surface area (Å²) in [7, 11) is 1.32. The molecule has 1 saturated heterocycles. The molecule has 0 N–H and O–H groups in total. The van der Waals surface area contributed by atoms with E-state index in [2.05, 4.69) is 4.74 Å². The summed E-state index contributed by atoms with van der Waals surface area (Å²) in [5.74, 6) is -0.737. The van der Waals surface area contributed by atoms with Gasteiger partial charge in [-0.25, -0.2) is 4.79 Å². The molecule has 2 amide bonds. The van der Waals surface area contributed by atoms with Crippen molar-refractivity contribution >= 4 is 35.0 Å². The number of amides is 2. The van der Waals surface area contributed by atoms with Crippen molar-refractivity contribution in [1.82, 2.24) is 4.90 Å². The van der Waals surface area contributed by atoms with Crippen molar-refractivity contribution in [3.63, 3.8) is 0 Å². The normalized spacial score (nSPS) is 15.7. The van der Waals surface area contributed by atoms with Gasteiger partial charge in [0.1, 0.15) is 0 Å². The molecule has 1 heterocycles. The Kier molecular flexibility index (Phi) is 5.00. The van der Waals surface area contributed by atoms with Crippen LogP contribution >= 0.6 is 11.8 Å². The van der Waals surface area contributed by atoms with Crippen LogP contribution in [0.2, 0.25) is 0 Å². The Morgan fingerprint density at radius 3 is 2.40 bits per heavy atom. The number of imide groups is 1. The predicted molar refractivity (Wildman–Crippen MR) is 95.7 cm³/mol. The number of carbonyl (C=O) groups is 3. The molecular formula is C19H15NO4S. The van der Waals surface area contributed by atoms with Gasteiger partial charge in [-0.1, -0.05) is 42.5 Å². The second-order valence-corrected chi connectivity index (χ2v) is 6.36. The Balaban J connectivity index is 1.75. The van der Waals surface area contributed by atoms with E-state index in [9.17, 15) is 14.4 Å². The minimum Gasteiger partial charge on any atom is -0.465 e. The minimum absolute atomic E-state index is 0.165. The Hall–Kier alpha value is -2.86. The first-order valence-electron chi connectivity index (χ1n) is 7.56. The molecular weight excluding hydrogens is 338 g/mol. The van der Waals surface area contributed by atoms with Gasteiger partial charge in [0.25, 0.3) is 11.1 Å². The third-order valence-corrected chi connectivity index (χ3v) is 4.59. The number of thioether (sulfide) groups is 1. The average Bonchev–Trinajstić information content (AvgIpc) is 2.90. The third-order valence-electron chi connectivity index (χ3n) is 3.69. The van der Waals surface area contributed by atoms with E-state index in [-0.39, 0.29) is 17.7 Å². The number of hydrogen-bond donors (Lipinski definition) is 0. The minimum atomic E-state index is -0.427. The molecule has 0 aromatic heterocycles. The molecule has 6 heteroatoms. The van der Waals surface area contributed by atoms with E-state index in [4.69, 9.17) is 0 Å². The van der Waals surface area contributed by atoms with Crippen LogP contribution in [0.1, 0.15) is 21.5 Å². The molecule has 25 heavy (non-hydrogen) atoms. The summed E-state index contributed by atoms with van der Waals surface area (Å²) in [6.45, 7) is 0.165. The van der Waals surface area contributed by atoms with Crippen molar-refractivity contribution < 1.29 is 19.1 Å². The van der Waals surface area contributed by atoms with Crippen LogP contribution in [0.5, 0.6) is 0 Å². The smallest absolute Gasteiger partial charge is 0.337 e. The highest BCUT2D eigenvalue weighted by atomic mass is 32.2. The van der Waals surface area contributed by atoms with Crippen molar-refractivity contribution in [1.29, 1.82) is 0 Å². The van der Waals surface area contributed by atoms with Crippen LogP contribution in [-0.4, -0.2) is 29.1 Å². The molecule has 0 atom stereocenters. The van der Waals surface area contributed by atoms with E-state index in [1.807, 2.05) is 30.3 Å². The third kappa shape index (κ3) is 3.80. The Morgan fingerprint density at radius 2 is 1.76 bits per heavy atom. The maximum Gasteiger partial charge on any atom is 0.337 e. The van der Waals surface area contributed by atoms with Gasteiger partial charge < -0.3 is 4.74 Å². The molecule has 0 saturated carbocycles. The van der Waals surface area contributed by atoms with Crippen LogP contribution < -0.4 is 0 Å². The number of ether oxygens (including phenoxy) is 1. The molecule has 0 aliphatic carbocycles. The van der Waals surface area contributed by atoms with Gasteiger partial charge in [0.2, 0.25) is 0 Å². The standard InChI is InChI=1S/C19H15NO4S/c1-24-18(22)15-9-7-14(8-10-15)12-20-17(21)16(25-19(20)23)11-13-5-3-2-4-6-13/h2-11H,12H2,1H3/b16-11-. The van der Waals surface area contributed by atoms with Crippen LogP contribution in [-0.2, 0) is 16.1 Å². The summed E-state index contributed by atoms with van der Waals surface area (Å²) in [5.41, 5.74) is 2.05. The van der Waals surface area contributed by atoms with Crippen molar-refractivity contribution in [2.45, 2.75) is 6.54 Å². The summed E-state index contributed by atoms with van der Waals surface area (Å²) in [4.78, 5) is 37.7.